The maximum Gasteiger partial charge on any atom is 0.125 e. The van der Waals surface area contributed by atoms with Crippen LogP contribution >= 0.6 is 0 Å². The highest BCUT2D eigenvalue weighted by Gasteiger charge is 2.17. The van der Waals surface area contributed by atoms with Crippen molar-refractivity contribution in [2.24, 2.45) is 5.41 Å². The lowest BCUT2D eigenvalue weighted by Gasteiger charge is -2.18. The summed E-state index contributed by atoms with van der Waals surface area (Å²) >= 11 is 0. The summed E-state index contributed by atoms with van der Waals surface area (Å²) in [6.45, 7) is 7.96. The van der Waals surface area contributed by atoms with Gasteiger partial charge in [-0.1, -0.05) is 11.6 Å². The van der Waals surface area contributed by atoms with Crippen molar-refractivity contribution in [3.8, 4) is 11.8 Å². The van der Waals surface area contributed by atoms with E-state index < -0.39 is 6.10 Å². The second-order valence-corrected chi connectivity index (χ2v) is 5.31. The highest BCUT2D eigenvalue weighted by atomic mass is 16.5. The van der Waals surface area contributed by atoms with Crippen LogP contribution in [0.15, 0.2) is 18.2 Å². The molecule has 0 heterocycles. The summed E-state index contributed by atoms with van der Waals surface area (Å²) in [5.41, 5.74) is 1.51. The molecule has 0 radical (unpaired) electrons. The lowest BCUT2D eigenvalue weighted by molar-refractivity contribution is 0.188. The van der Waals surface area contributed by atoms with Crippen LogP contribution in [-0.2, 0) is 0 Å². The minimum atomic E-state index is -0.552. The van der Waals surface area contributed by atoms with Crippen molar-refractivity contribution < 1.29 is 9.84 Å². The molecule has 1 atom stereocenters. The van der Waals surface area contributed by atoms with Gasteiger partial charge < -0.3 is 9.84 Å². The maximum absolute atomic E-state index is 9.70. The van der Waals surface area contributed by atoms with Crippen molar-refractivity contribution in [1.29, 1.82) is 5.26 Å². The Kier molecular flexibility index (Phi) is 4.75. The predicted octanol–water partition coefficient (Wildman–Crippen LogP) is 3.37. The van der Waals surface area contributed by atoms with E-state index >= 15 is 0 Å². The molecule has 0 unspecified atom stereocenters. The number of rotatable bonds is 5. The van der Waals surface area contributed by atoms with Crippen LogP contribution < -0.4 is 4.74 Å². The fourth-order valence-corrected chi connectivity index (χ4v) is 1.60. The van der Waals surface area contributed by atoms with Crippen molar-refractivity contribution in [1.82, 2.24) is 0 Å². The van der Waals surface area contributed by atoms with Crippen molar-refractivity contribution >= 4 is 0 Å². The molecule has 1 rings (SSSR count). The molecule has 18 heavy (non-hydrogen) atoms. The first-order chi connectivity index (χ1) is 8.35. The Bertz CT molecular complexity index is 444. The van der Waals surface area contributed by atoms with Gasteiger partial charge in [0.05, 0.1) is 24.2 Å². The highest BCUT2D eigenvalue weighted by molar-refractivity contribution is 5.38. The van der Waals surface area contributed by atoms with Gasteiger partial charge in [0.2, 0.25) is 0 Å². The fraction of sp³-hybridized carbons (Fsp3) is 0.533. The molecule has 1 aromatic carbocycles. The van der Waals surface area contributed by atoms with Gasteiger partial charge in [0.1, 0.15) is 5.75 Å². The quantitative estimate of drug-likeness (QED) is 0.868. The van der Waals surface area contributed by atoms with Crippen molar-refractivity contribution in [3.63, 3.8) is 0 Å². The molecule has 0 saturated carbocycles. The van der Waals surface area contributed by atoms with E-state index in [0.717, 1.165) is 11.1 Å². The number of ether oxygens (including phenoxy) is 1. The summed E-state index contributed by atoms with van der Waals surface area (Å²) in [6.07, 6.45) is 0.111. The van der Waals surface area contributed by atoms with E-state index in [1.165, 1.54) is 0 Å². The molecule has 0 bridgehead atoms. The molecule has 98 valence electrons. The van der Waals surface area contributed by atoms with Crippen LogP contribution in [0.4, 0.5) is 0 Å². The molecule has 3 nitrogen and oxygen atoms in total. The molecule has 3 heteroatoms. The monoisotopic (exact) mass is 247 g/mol. The van der Waals surface area contributed by atoms with Crippen molar-refractivity contribution in [3.05, 3.63) is 29.3 Å². The Morgan fingerprint density at radius 1 is 1.44 bits per heavy atom. The lowest BCUT2D eigenvalue weighted by Crippen LogP contribution is -2.13. The van der Waals surface area contributed by atoms with E-state index in [9.17, 15) is 5.11 Å². The number of aryl methyl sites for hydroxylation is 1. The zero-order chi connectivity index (χ0) is 13.8. The van der Waals surface area contributed by atoms with Gasteiger partial charge in [0.25, 0.3) is 0 Å². The van der Waals surface area contributed by atoms with E-state index in [-0.39, 0.29) is 5.41 Å². The second-order valence-electron chi connectivity index (χ2n) is 5.31. The molecular formula is C15H21NO2. The third-order valence-corrected chi connectivity index (χ3v) is 2.90. The first kappa shape index (κ1) is 14.5. The van der Waals surface area contributed by atoms with E-state index in [1.807, 2.05) is 39.0 Å². The van der Waals surface area contributed by atoms with Crippen LogP contribution in [-0.4, -0.2) is 11.7 Å². The standard InChI is InChI=1S/C15H21NO2/c1-11-5-6-14(13(9-11)12(2)17)18-8-7-15(3,4)10-16/h5-6,9,12,17H,7-8H2,1-4H3/t12-/m0/s1. The molecular weight excluding hydrogens is 226 g/mol. The average molecular weight is 247 g/mol. The molecule has 0 saturated heterocycles. The average Bonchev–Trinajstić information content (AvgIpc) is 2.30. The van der Waals surface area contributed by atoms with Crippen LogP contribution in [0.25, 0.3) is 0 Å². The van der Waals surface area contributed by atoms with Crippen molar-refractivity contribution in [2.45, 2.75) is 40.2 Å². The number of nitrogens with zero attached hydrogens (tertiary/aromatic N) is 1. The third-order valence-electron chi connectivity index (χ3n) is 2.90. The van der Waals surface area contributed by atoms with Gasteiger partial charge in [-0.2, -0.15) is 5.26 Å². The van der Waals surface area contributed by atoms with E-state index in [0.29, 0.717) is 18.8 Å². The molecule has 1 aromatic rings. The molecule has 0 amide bonds. The first-order valence-electron chi connectivity index (χ1n) is 6.18. The minimum Gasteiger partial charge on any atom is -0.493 e. The van der Waals surface area contributed by atoms with Gasteiger partial charge in [-0.05, 0) is 46.2 Å². The summed E-state index contributed by atoms with van der Waals surface area (Å²) in [6, 6.07) is 8.00. The molecule has 0 aromatic heterocycles. The van der Waals surface area contributed by atoms with Gasteiger partial charge in [0.15, 0.2) is 0 Å². The summed E-state index contributed by atoms with van der Waals surface area (Å²) < 4.78 is 5.68. The minimum absolute atomic E-state index is 0.379. The smallest absolute Gasteiger partial charge is 0.125 e. The second kappa shape index (κ2) is 5.88. The zero-order valence-corrected chi connectivity index (χ0v) is 11.5. The molecule has 0 fully saturated rings. The van der Waals surface area contributed by atoms with Gasteiger partial charge in [-0.15, -0.1) is 0 Å². The van der Waals surface area contributed by atoms with E-state index in [4.69, 9.17) is 10.00 Å². The first-order valence-corrected chi connectivity index (χ1v) is 6.18. The number of benzene rings is 1. The molecule has 1 N–H and O–H groups in total. The summed E-state index contributed by atoms with van der Waals surface area (Å²) in [5, 5.41) is 18.6. The lowest BCUT2D eigenvalue weighted by atomic mass is 9.92. The Labute approximate surface area is 109 Å². The number of nitriles is 1. The van der Waals surface area contributed by atoms with Crippen LogP contribution in [0.5, 0.6) is 5.75 Å². The SMILES string of the molecule is Cc1ccc(OCCC(C)(C)C#N)c([C@H](C)O)c1. The van der Waals surface area contributed by atoms with Crippen LogP contribution in [0.3, 0.4) is 0 Å². The van der Waals surface area contributed by atoms with Gasteiger partial charge in [0, 0.05) is 5.56 Å². The summed E-state index contributed by atoms with van der Waals surface area (Å²) in [5.74, 6) is 0.698. The number of hydrogen-bond donors (Lipinski definition) is 1. The van der Waals surface area contributed by atoms with E-state index in [2.05, 4.69) is 6.07 Å². The maximum atomic E-state index is 9.70. The zero-order valence-electron chi connectivity index (χ0n) is 11.5. The van der Waals surface area contributed by atoms with Gasteiger partial charge in [-0.3, -0.25) is 0 Å². The predicted molar refractivity (Wildman–Crippen MR) is 71.3 cm³/mol. The largest absolute Gasteiger partial charge is 0.493 e. The number of aliphatic hydroxyl groups is 1. The molecule has 0 aliphatic rings. The molecule has 0 aliphatic carbocycles. The van der Waals surface area contributed by atoms with E-state index in [1.54, 1.807) is 6.92 Å². The van der Waals surface area contributed by atoms with Crippen molar-refractivity contribution in [2.75, 3.05) is 6.61 Å². The normalized spacial score (nSPS) is 12.9. The summed E-state index contributed by atoms with van der Waals surface area (Å²) in [7, 11) is 0. The highest BCUT2D eigenvalue weighted by Crippen LogP contribution is 2.27. The number of aliphatic hydroxyl groups excluding tert-OH is 1. The fourth-order valence-electron chi connectivity index (χ4n) is 1.60. The summed E-state index contributed by atoms with van der Waals surface area (Å²) in [4.78, 5) is 0. The van der Waals surface area contributed by atoms with Gasteiger partial charge >= 0.3 is 0 Å². The molecule has 0 aliphatic heterocycles. The van der Waals surface area contributed by atoms with Crippen LogP contribution in [0.1, 0.15) is 44.4 Å². The topological polar surface area (TPSA) is 53.2 Å². The Morgan fingerprint density at radius 3 is 2.67 bits per heavy atom. The van der Waals surface area contributed by atoms with Gasteiger partial charge in [-0.25, -0.2) is 0 Å². The molecule has 0 spiro atoms. The Morgan fingerprint density at radius 2 is 2.11 bits per heavy atom. The third kappa shape index (κ3) is 4.05. The Balaban J connectivity index is 2.71. The Hall–Kier alpha value is -1.53. The van der Waals surface area contributed by atoms with Crippen LogP contribution in [0.2, 0.25) is 0 Å². The number of hydrogen-bond acceptors (Lipinski definition) is 3. The van der Waals surface area contributed by atoms with Crippen LogP contribution in [0, 0.1) is 23.7 Å².